The molecule has 0 radical (unpaired) electrons. The first-order valence-electron chi connectivity index (χ1n) is 16.2. The standard InChI is InChI=1S/C32H46N12O3/c1-2-3-4-5-28(46)37-25-10-11-26(27(45)14-25)29(47)38-23-6-8-24(9-7-23)39-30-40-31(43-15-19(33)12-20(34)16-43)42-32(41-30)44-17-21(35)13-22(36)18-44/h6-11,14,19-22,45H,2-5,12-13,15-18,33-36H2,1H3,(H,37,46)(H,38,47)(H,39,40,41,42)/t19-,20+,21-,22+. The highest BCUT2D eigenvalue weighted by Crippen LogP contribution is 2.26. The van der Waals surface area contributed by atoms with Crippen molar-refractivity contribution < 1.29 is 14.7 Å². The molecule has 2 fully saturated rings. The molecule has 47 heavy (non-hydrogen) atoms. The molecule has 0 saturated carbocycles. The van der Waals surface area contributed by atoms with Gasteiger partial charge in [0.15, 0.2) is 0 Å². The van der Waals surface area contributed by atoms with E-state index in [1.165, 1.54) is 12.1 Å². The monoisotopic (exact) mass is 646 g/mol. The zero-order valence-corrected chi connectivity index (χ0v) is 26.7. The number of carbonyl (C=O) groups excluding carboxylic acids is 2. The third kappa shape index (κ3) is 9.25. The number of aromatic hydroxyl groups is 1. The van der Waals surface area contributed by atoms with Crippen molar-refractivity contribution in [2.45, 2.75) is 69.6 Å². The van der Waals surface area contributed by atoms with Gasteiger partial charge < -0.3 is 53.8 Å². The average molecular weight is 647 g/mol. The van der Waals surface area contributed by atoms with Crippen molar-refractivity contribution in [3.8, 4) is 5.75 Å². The molecule has 0 unspecified atom stereocenters. The Hall–Kier alpha value is -4.57. The highest BCUT2D eigenvalue weighted by atomic mass is 16.3. The van der Waals surface area contributed by atoms with Crippen molar-refractivity contribution >= 4 is 46.7 Å². The van der Waals surface area contributed by atoms with E-state index in [0.717, 1.165) is 32.1 Å². The minimum Gasteiger partial charge on any atom is -0.507 e. The number of benzene rings is 2. The van der Waals surface area contributed by atoms with E-state index in [-0.39, 0.29) is 41.4 Å². The molecule has 0 aliphatic carbocycles. The Labute approximate surface area is 274 Å². The number of hydrogen-bond acceptors (Lipinski definition) is 13. The maximum Gasteiger partial charge on any atom is 0.259 e. The van der Waals surface area contributed by atoms with Crippen LogP contribution in [0.25, 0.3) is 0 Å². The van der Waals surface area contributed by atoms with Gasteiger partial charge in [-0.25, -0.2) is 0 Å². The van der Waals surface area contributed by atoms with Crippen molar-refractivity contribution in [1.82, 2.24) is 15.0 Å². The van der Waals surface area contributed by atoms with Gasteiger partial charge in [-0.15, -0.1) is 0 Å². The molecule has 15 nitrogen and oxygen atoms in total. The third-order valence-corrected chi connectivity index (χ3v) is 8.14. The van der Waals surface area contributed by atoms with Crippen LogP contribution >= 0.6 is 0 Å². The second kappa shape index (κ2) is 15.3. The van der Waals surface area contributed by atoms with Crippen molar-refractivity contribution in [3.63, 3.8) is 0 Å². The summed E-state index contributed by atoms with van der Waals surface area (Å²) in [5.74, 6) is 0.382. The predicted octanol–water partition coefficient (Wildman–Crippen LogP) is 1.82. The highest BCUT2D eigenvalue weighted by molar-refractivity contribution is 6.06. The number of aromatic nitrogens is 3. The van der Waals surface area contributed by atoms with E-state index in [1.54, 1.807) is 30.3 Å². The fraction of sp³-hybridized carbons (Fsp3) is 0.469. The first-order valence-corrected chi connectivity index (χ1v) is 16.2. The molecule has 2 saturated heterocycles. The number of rotatable bonds is 11. The molecule has 2 aliphatic rings. The number of hydrogen-bond donors (Lipinski definition) is 8. The Morgan fingerprint density at radius 3 is 1.83 bits per heavy atom. The van der Waals surface area contributed by atoms with Gasteiger partial charge >= 0.3 is 0 Å². The molecule has 0 spiro atoms. The summed E-state index contributed by atoms with van der Waals surface area (Å²) >= 11 is 0. The lowest BCUT2D eigenvalue weighted by Crippen LogP contribution is -2.54. The van der Waals surface area contributed by atoms with Crippen molar-refractivity contribution in [2.24, 2.45) is 22.9 Å². The van der Waals surface area contributed by atoms with Crippen LogP contribution in [0.1, 0.15) is 55.8 Å². The quantitative estimate of drug-likeness (QED) is 0.139. The summed E-state index contributed by atoms with van der Waals surface area (Å²) in [6.45, 7) is 4.33. The Bertz CT molecular complexity index is 1470. The van der Waals surface area contributed by atoms with E-state index in [2.05, 4.69) is 32.8 Å². The minimum atomic E-state index is -0.494. The van der Waals surface area contributed by atoms with E-state index in [4.69, 9.17) is 27.9 Å². The summed E-state index contributed by atoms with van der Waals surface area (Å²) in [6.07, 6.45) is 4.64. The van der Waals surface area contributed by atoms with Gasteiger partial charge in [0, 0.05) is 79.9 Å². The molecule has 3 aromatic rings. The van der Waals surface area contributed by atoms with E-state index >= 15 is 0 Å². The third-order valence-electron chi connectivity index (χ3n) is 8.14. The van der Waals surface area contributed by atoms with Gasteiger partial charge in [-0.1, -0.05) is 19.8 Å². The molecular weight excluding hydrogens is 600 g/mol. The number of piperidine rings is 2. The Kier molecular flexibility index (Phi) is 11.0. The number of nitrogens with zero attached hydrogens (tertiary/aromatic N) is 5. The van der Waals surface area contributed by atoms with Gasteiger partial charge in [0.05, 0.1) is 5.56 Å². The summed E-state index contributed by atoms with van der Waals surface area (Å²) in [5, 5.41) is 19.3. The number of nitrogens with two attached hydrogens (primary N) is 4. The lowest BCUT2D eigenvalue weighted by atomic mass is 10.0. The zero-order chi connectivity index (χ0) is 33.5. The zero-order valence-electron chi connectivity index (χ0n) is 26.7. The highest BCUT2D eigenvalue weighted by Gasteiger charge is 2.29. The number of unbranched alkanes of at least 4 members (excludes halogenated alkanes) is 2. The van der Waals surface area contributed by atoms with Crippen LogP contribution in [-0.4, -0.2) is 82.2 Å². The predicted molar refractivity (Wildman–Crippen MR) is 184 cm³/mol. The molecular formula is C32H46N12O3. The molecule has 12 N–H and O–H groups in total. The summed E-state index contributed by atoms with van der Waals surface area (Å²) in [6, 6.07) is 11.0. The number of nitrogens with one attached hydrogen (secondary N) is 3. The van der Waals surface area contributed by atoms with E-state index in [1.807, 2.05) is 9.80 Å². The minimum absolute atomic E-state index is 0.0794. The number of amides is 2. The topological polar surface area (TPSA) is 240 Å². The number of phenolic OH excluding ortho intramolecular Hbond substituents is 1. The summed E-state index contributed by atoms with van der Waals surface area (Å²) in [4.78, 5) is 43.1. The molecule has 5 rings (SSSR count). The molecule has 252 valence electrons. The van der Waals surface area contributed by atoms with Gasteiger partial charge in [0.1, 0.15) is 5.75 Å². The van der Waals surface area contributed by atoms with Crippen LogP contribution in [-0.2, 0) is 4.79 Å². The van der Waals surface area contributed by atoms with Gasteiger partial charge in [0.2, 0.25) is 23.8 Å². The summed E-state index contributed by atoms with van der Waals surface area (Å²) in [7, 11) is 0. The second-order valence-corrected chi connectivity index (χ2v) is 12.5. The summed E-state index contributed by atoms with van der Waals surface area (Å²) < 4.78 is 0. The van der Waals surface area contributed by atoms with E-state index in [9.17, 15) is 14.7 Å². The fourth-order valence-electron chi connectivity index (χ4n) is 5.90. The molecule has 15 heteroatoms. The molecule has 0 bridgehead atoms. The lowest BCUT2D eigenvalue weighted by molar-refractivity contribution is -0.116. The van der Waals surface area contributed by atoms with Crippen LogP contribution in [0.15, 0.2) is 42.5 Å². The average Bonchev–Trinajstić information content (AvgIpc) is 3.01. The largest absolute Gasteiger partial charge is 0.507 e. The first-order chi connectivity index (χ1) is 22.6. The van der Waals surface area contributed by atoms with Crippen LogP contribution in [0.5, 0.6) is 5.75 Å². The van der Waals surface area contributed by atoms with Gasteiger partial charge in [-0.05, 0) is 55.7 Å². The van der Waals surface area contributed by atoms with Gasteiger partial charge in [-0.3, -0.25) is 9.59 Å². The molecule has 2 aromatic carbocycles. The fourth-order valence-corrected chi connectivity index (χ4v) is 5.90. The van der Waals surface area contributed by atoms with Crippen LogP contribution in [0.3, 0.4) is 0 Å². The number of carbonyl (C=O) groups is 2. The SMILES string of the molecule is CCCCCC(=O)Nc1ccc(C(=O)Nc2ccc(Nc3nc(N4C[C@H](N)C[C@H](N)C4)nc(N4C[C@H](N)C[C@H](N)C4)n3)cc2)c(O)c1. The van der Waals surface area contributed by atoms with Crippen LogP contribution in [0.2, 0.25) is 0 Å². The lowest BCUT2D eigenvalue weighted by Gasteiger charge is -2.37. The molecule has 4 atom stereocenters. The van der Waals surface area contributed by atoms with E-state index in [0.29, 0.717) is 67.5 Å². The van der Waals surface area contributed by atoms with Crippen LogP contribution in [0, 0.1) is 0 Å². The normalized spacial score (nSPS) is 21.3. The smallest absolute Gasteiger partial charge is 0.259 e. The first kappa shape index (κ1) is 33.8. The molecule has 2 amide bonds. The van der Waals surface area contributed by atoms with Crippen molar-refractivity contribution in [3.05, 3.63) is 48.0 Å². The van der Waals surface area contributed by atoms with Crippen molar-refractivity contribution in [1.29, 1.82) is 0 Å². The van der Waals surface area contributed by atoms with Gasteiger partial charge in [-0.2, -0.15) is 15.0 Å². The molecule has 3 heterocycles. The maximum atomic E-state index is 12.9. The second-order valence-electron chi connectivity index (χ2n) is 12.5. The molecule has 1 aromatic heterocycles. The molecule has 2 aliphatic heterocycles. The van der Waals surface area contributed by atoms with Crippen molar-refractivity contribution in [2.75, 3.05) is 51.9 Å². The van der Waals surface area contributed by atoms with Crippen LogP contribution in [0.4, 0.5) is 34.9 Å². The Morgan fingerprint density at radius 1 is 0.766 bits per heavy atom. The summed E-state index contributed by atoms with van der Waals surface area (Å²) in [5.41, 5.74) is 26.7. The Balaban J connectivity index is 1.27. The van der Waals surface area contributed by atoms with E-state index < -0.39 is 5.91 Å². The Morgan fingerprint density at radius 2 is 1.30 bits per heavy atom. The number of anilines is 6. The number of phenols is 1. The maximum absolute atomic E-state index is 12.9. The van der Waals surface area contributed by atoms with Crippen LogP contribution < -0.4 is 48.7 Å². The van der Waals surface area contributed by atoms with Gasteiger partial charge in [0.25, 0.3) is 5.91 Å².